The minimum atomic E-state index is -0.485. The van der Waals surface area contributed by atoms with Crippen LogP contribution in [0, 0.1) is 6.92 Å². The van der Waals surface area contributed by atoms with Crippen LogP contribution in [0.3, 0.4) is 0 Å². The number of rotatable bonds is 5. The van der Waals surface area contributed by atoms with Gasteiger partial charge in [0.1, 0.15) is 5.70 Å². The highest BCUT2D eigenvalue weighted by Crippen LogP contribution is 2.26. The lowest BCUT2D eigenvalue weighted by molar-refractivity contribution is -0.122. The molecular formula is C23H21ClN4O3. The Bertz CT molecular complexity index is 1250. The number of aryl methyl sites for hydroxylation is 1. The zero-order valence-corrected chi connectivity index (χ0v) is 17.9. The molecule has 2 aromatic carbocycles. The zero-order chi connectivity index (χ0) is 22.1. The average Bonchev–Trinajstić information content (AvgIpc) is 3.21. The Labute approximate surface area is 183 Å². The predicted octanol–water partition coefficient (Wildman–Crippen LogP) is 4.10. The summed E-state index contributed by atoms with van der Waals surface area (Å²) < 4.78 is 1.44. The van der Waals surface area contributed by atoms with Crippen molar-refractivity contribution >= 4 is 29.6 Å². The number of hydrogen-bond acceptors (Lipinski definition) is 3. The van der Waals surface area contributed by atoms with Gasteiger partial charge in [0.15, 0.2) is 0 Å². The summed E-state index contributed by atoms with van der Waals surface area (Å²) in [6, 6.07) is 14.0. The van der Waals surface area contributed by atoms with E-state index in [-0.39, 0.29) is 16.8 Å². The number of amides is 3. The Balaban J connectivity index is 1.90. The molecule has 2 N–H and O–H groups in total. The van der Waals surface area contributed by atoms with Gasteiger partial charge in [-0.1, -0.05) is 48.9 Å². The molecule has 1 saturated heterocycles. The number of H-pyrrole nitrogens is 1. The number of nitrogens with zero attached hydrogens (tertiary/aromatic N) is 2. The van der Waals surface area contributed by atoms with Crippen molar-refractivity contribution in [3.05, 3.63) is 80.7 Å². The molecule has 1 aromatic heterocycles. The molecule has 0 unspecified atom stereocenters. The maximum absolute atomic E-state index is 13.4. The number of nitrogens with one attached hydrogen (secondary N) is 2. The standard InChI is InChI=1S/C23H21ClN4O3/c1-3-12-27-22(30)18(25-23(27)31)13-17-20(15-8-10-16(24)11-9-15)26-28(21(17)29)19-7-5-4-6-14(19)2/h4-11,13,26H,3,12H2,1-2H3,(H,25,31). The first-order valence-corrected chi connectivity index (χ1v) is 10.3. The Hall–Kier alpha value is -3.58. The summed E-state index contributed by atoms with van der Waals surface area (Å²) in [7, 11) is 0. The molecule has 3 amide bonds. The first-order chi connectivity index (χ1) is 14.9. The van der Waals surface area contributed by atoms with Gasteiger partial charge in [0.25, 0.3) is 11.5 Å². The number of hydrogen-bond donors (Lipinski definition) is 2. The smallest absolute Gasteiger partial charge is 0.303 e. The van der Waals surface area contributed by atoms with Gasteiger partial charge in [-0.3, -0.25) is 19.6 Å². The van der Waals surface area contributed by atoms with Crippen molar-refractivity contribution in [3.8, 4) is 16.9 Å². The lowest BCUT2D eigenvalue weighted by atomic mass is 10.1. The summed E-state index contributed by atoms with van der Waals surface area (Å²) in [4.78, 5) is 39.4. The number of para-hydroxylation sites is 1. The van der Waals surface area contributed by atoms with Gasteiger partial charge >= 0.3 is 6.03 Å². The van der Waals surface area contributed by atoms with Crippen LogP contribution in [0.15, 0.2) is 59.0 Å². The molecule has 7 nitrogen and oxygen atoms in total. The number of aromatic nitrogens is 2. The molecule has 2 heterocycles. The Morgan fingerprint density at radius 1 is 1.03 bits per heavy atom. The summed E-state index contributed by atoms with van der Waals surface area (Å²) in [5.74, 6) is -0.447. The second-order valence-corrected chi connectivity index (χ2v) is 7.72. The molecule has 1 aliphatic heterocycles. The summed E-state index contributed by atoms with van der Waals surface area (Å²) in [5.41, 5.74) is 2.86. The van der Waals surface area contributed by atoms with Crippen LogP contribution in [-0.2, 0) is 4.79 Å². The molecule has 0 atom stereocenters. The van der Waals surface area contributed by atoms with E-state index in [0.717, 1.165) is 16.0 Å². The molecule has 0 radical (unpaired) electrons. The average molecular weight is 437 g/mol. The van der Waals surface area contributed by atoms with Crippen molar-refractivity contribution in [3.63, 3.8) is 0 Å². The van der Waals surface area contributed by atoms with Gasteiger partial charge < -0.3 is 5.32 Å². The van der Waals surface area contributed by atoms with E-state index < -0.39 is 11.9 Å². The van der Waals surface area contributed by atoms with E-state index in [1.165, 1.54) is 10.8 Å². The molecule has 0 aliphatic carbocycles. The lowest BCUT2D eigenvalue weighted by Gasteiger charge is -2.08. The molecule has 0 bridgehead atoms. The van der Waals surface area contributed by atoms with Crippen molar-refractivity contribution in [2.75, 3.05) is 6.54 Å². The van der Waals surface area contributed by atoms with E-state index in [2.05, 4.69) is 10.4 Å². The zero-order valence-electron chi connectivity index (χ0n) is 17.1. The monoisotopic (exact) mass is 436 g/mol. The fraction of sp³-hybridized carbons (Fsp3) is 0.174. The van der Waals surface area contributed by atoms with Crippen molar-refractivity contribution in [1.82, 2.24) is 20.0 Å². The van der Waals surface area contributed by atoms with Gasteiger partial charge in [-0.25, -0.2) is 9.48 Å². The molecular weight excluding hydrogens is 416 g/mol. The SMILES string of the molecule is CCCN1C(=O)NC(=Cc2c(-c3ccc(Cl)cc3)[nH]n(-c3ccccc3C)c2=O)C1=O. The maximum atomic E-state index is 13.4. The molecule has 8 heteroatoms. The van der Waals surface area contributed by atoms with Crippen LogP contribution in [-0.4, -0.2) is 33.2 Å². The van der Waals surface area contributed by atoms with Gasteiger partial charge in [0.2, 0.25) is 0 Å². The maximum Gasteiger partial charge on any atom is 0.329 e. The number of benzene rings is 2. The third kappa shape index (κ3) is 3.80. The molecule has 158 valence electrons. The molecule has 1 fully saturated rings. The highest BCUT2D eigenvalue weighted by molar-refractivity contribution is 6.30. The Morgan fingerprint density at radius 3 is 2.42 bits per heavy atom. The highest BCUT2D eigenvalue weighted by atomic mass is 35.5. The van der Waals surface area contributed by atoms with Gasteiger partial charge in [-0.05, 0) is 43.2 Å². The van der Waals surface area contributed by atoms with E-state index >= 15 is 0 Å². The van der Waals surface area contributed by atoms with E-state index in [1.807, 2.05) is 38.1 Å². The van der Waals surface area contributed by atoms with E-state index in [1.54, 1.807) is 24.3 Å². The largest absolute Gasteiger partial charge is 0.329 e. The van der Waals surface area contributed by atoms with Crippen LogP contribution in [0.4, 0.5) is 4.79 Å². The number of urea groups is 1. The quantitative estimate of drug-likeness (QED) is 0.466. The first-order valence-electron chi connectivity index (χ1n) is 9.92. The second kappa shape index (κ2) is 8.28. The van der Waals surface area contributed by atoms with Gasteiger partial charge in [0.05, 0.1) is 16.9 Å². The Kier molecular flexibility index (Phi) is 5.52. The summed E-state index contributed by atoms with van der Waals surface area (Å²) >= 11 is 6.02. The number of aromatic amines is 1. The van der Waals surface area contributed by atoms with Crippen LogP contribution in [0.2, 0.25) is 5.02 Å². The summed E-state index contributed by atoms with van der Waals surface area (Å²) in [6.45, 7) is 4.10. The van der Waals surface area contributed by atoms with E-state index in [0.29, 0.717) is 29.4 Å². The van der Waals surface area contributed by atoms with Crippen molar-refractivity contribution in [2.24, 2.45) is 0 Å². The van der Waals surface area contributed by atoms with Gasteiger partial charge in [-0.2, -0.15) is 0 Å². The van der Waals surface area contributed by atoms with E-state index in [9.17, 15) is 14.4 Å². The van der Waals surface area contributed by atoms with Crippen LogP contribution >= 0.6 is 11.6 Å². The minimum absolute atomic E-state index is 0.0710. The minimum Gasteiger partial charge on any atom is -0.303 e. The van der Waals surface area contributed by atoms with Crippen LogP contribution < -0.4 is 10.9 Å². The first kappa shape index (κ1) is 20.7. The van der Waals surface area contributed by atoms with Crippen molar-refractivity contribution in [2.45, 2.75) is 20.3 Å². The molecule has 0 spiro atoms. The molecule has 4 rings (SSSR count). The summed E-state index contributed by atoms with van der Waals surface area (Å²) in [6.07, 6.45) is 2.08. The van der Waals surface area contributed by atoms with Gasteiger partial charge in [-0.15, -0.1) is 0 Å². The van der Waals surface area contributed by atoms with Crippen LogP contribution in [0.1, 0.15) is 24.5 Å². The fourth-order valence-electron chi connectivity index (χ4n) is 3.55. The third-order valence-electron chi connectivity index (χ3n) is 5.11. The molecule has 1 aliphatic rings. The van der Waals surface area contributed by atoms with E-state index in [4.69, 9.17) is 11.6 Å². The second-order valence-electron chi connectivity index (χ2n) is 7.28. The number of carbonyl (C=O) groups excluding carboxylic acids is 2. The number of halogens is 1. The van der Waals surface area contributed by atoms with Crippen molar-refractivity contribution < 1.29 is 9.59 Å². The van der Waals surface area contributed by atoms with Gasteiger partial charge in [0, 0.05) is 17.1 Å². The number of imide groups is 1. The van der Waals surface area contributed by atoms with Crippen molar-refractivity contribution in [1.29, 1.82) is 0 Å². The third-order valence-corrected chi connectivity index (χ3v) is 5.37. The molecule has 3 aromatic rings. The highest BCUT2D eigenvalue weighted by Gasteiger charge is 2.33. The fourth-order valence-corrected chi connectivity index (χ4v) is 3.67. The topological polar surface area (TPSA) is 87.2 Å². The Morgan fingerprint density at radius 2 is 1.74 bits per heavy atom. The molecule has 0 saturated carbocycles. The van der Waals surface area contributed by atoms with Crippen LogP contribution in [0.25, 0.3) is 23.0 Å². The van der Waals surface area contributed by atoms with Crippen LogP contribution in [0.5, 0.6) is 0 Å². The summed E-state index contributed by atoms with van der Waals surface area (Å²) in [5, 5.41) is 6.30. The predicted molar refractivity (Wildman–Crippen MR) is 120 cm³/mol. The molecule has 31 heavy (non-hydrogen) atoms. The number of carbonyl (C=O) groups is 2. The normalized spacial score (nSPS) is 15.1. The lowest BCUT2D eigenvalue weighted by Crippen LogP contribution is -2.31.